The molecule has 1 aliphatic heterocycles. The number of nitrogens with zero attached hydrogens (tertiary/aromatic N) is 1. The topological polar surface area (TPSA) is 59.0 Å². The first kappa shape index (κ1) is 18.8. The van der Waals surface area contributed by atoms with Crippen molar-refractivity contribution in [2.24, 2.45) is 0 Å². The Balaban J connectivity index is 1.94. The Morgan fingerprint density at radius 1 is 1.14 bits per heavy atom. The molecule has 1 aromatic heterocycles. The molecule has 5 nitrogen and oxygen atoms in total. The molecule has 1 aliphatic rings. The molecule has 4 rings (SSSR count). The van der Waals surface area contributed by atoms with E-state index in [0.717, 1.165) is 29.5 Å². The van der Waals surface area contributed by atoms with E-state index in [9.17, 15) is 9.90 Å². The van der Waals surface area contributed by atoms with Gasteiger partial charge in [0.2, 0.25) is 0 Å². The van der Waals surface area contributed by atoms with Crippen molar-refractivity contribution in [3.8, 4) is 11.5 Å². The van der Waals surface area contributed by atoms with E-state index in [4.69, 9.17) is 9.47 Å². The normalized spacial score (nSPS) is 18.3. The Bertz CT molecular complexity index is 999. The fraction of sp³-hybridized carbons (Fsp3) is 0.318. The molecular formula is C22H23NO4S. The number of likely N-dealkylation sites (tertiary alicyclic amines) is 1. The van der Waals surface area contributed by atoms with E-state index in [1.807, 2.05) is 30.3 Å². The average molecular weight is 397 g/mol. The summed E-state index contributed by atoms with van der Waals surface area (Å²) in [4.78, 5) is 14.1. The Kier molecular flexibility index (Phi) is 5.24. The number of rotatable bonds is 6. The van der Waals surface area contributed by atoms with Gasteiger partial charge in [0, 0.05) is 16.8 Å². The zero-order chi connectivity index (χ0) is 19.7. The van der Waals surface area contributed by atoms with Crippen LogP contribution in [0.3, 0.4) is 0 Å². The highest BCUT2D eigenvalue weighted by Crippen LogP contribution is 2.45. The standard InChI is InChI=1S/C22H23NO4S/c1-26-18-10-5-8-15(21(18)27-2)20(23-12-6-9-17(23)22(24)25)16-13-28-19-11-4-3-7-14(16)19/h3-5,7-8,10-11,13,17,20H,6,9,12H2,1-2H3,(H,24,25). The van der Waals surface area contributed by atoms with Gasteiger partial charge in [-0.3, -0.25) is 9.69 Å². The molecule has 0 radical (unpaired) electrons. The predicted octanol–water partition coefficient (Wildman–Crippen LogP) is 4.56. The molecule has 2 unspecified atom stereocenters. The number of thiophene rings is 1. The van der Waals surface area contributed by atoms with Crippen LogP contribution >= 0.6 is 11.3 Å². The highest BCUT2D eigenvalue weighted by molar-refractivity contribution is 7.17. The van der Waals surface area contributed by atoms with E-state index in [1.54, 1.807) is 25.6 Å². The summed E-state index contributed by atoms with van der Waals surface area (Å²) >= 11 is 1.68. The van der Waals surface area contributed by atoms with Crippen molar-refractivity contribution in [2.45, 2.75) is 24.9 Å². The van der Waals surface area contributed by atoms with Gasteiger partial charge in [-0.05, 0) is 41.3 Å². The highest BCUT2D eigenvalue weighted by Gasteiger charge is 2.39. The van der Waals surface area contributed by atoms with Gasteiger partial charge in [-0.1, -0.05) is 30.3 Å². The second kappa shape index (κ2) is 7.81. The van der Waals surface area contributed by atoms with Gasteiger partial charge < -0.3 is 14.6 Å². The monoisotopic (exact) mass is 397 g/mol. The Morgan fingerprint density at radius 3 is 2.71 bits per heavy atom. The lowest BCUT2D eigenvalue weighted by molar-refractivity contribution is -0.142. The summed E-state index contributed by atoms with van der Waals surface area (Å²) in [5, 5.41) is 13.1. The molecule has 3 aromatic rings. The molecule has 2 heterocycles. The molecule has 146 valence electrons. The number of ether oxygens (including phenoxy) is 2. The molecule has 1 saturated heterocycles. The van der Waals surface area contributed by atoms with Crippen LogP contribution in [0.15, 0.2) is 47.8 Å². The number of carbonyl (C=O) groups is 1. The number of hydrogen-bond donors (Lipinski definition) is 1. The summed E-state index contributed by atoms with van der Waals surface area (Å²) in [6.07, 6.45) is 1.52. The quantitative estimate of drug-likeness (QED) is 0.661. The van der Waals surface area contributed by atoms with Crippen LogP contribution in [0.2, 0.25) is 0 Å². The van der Waals surface area contributed by atoms with Crippen LogP contribution in [0.5, 0.6) is 11.5 Å². The summed E-state index contributed by atoms with van der Waals surface area (Å²) in [7, 11) is 3.25. The largest absolute Gasteiger partial charge is 0.493 e. The second-order valence-corrected chi connectivity index (χ2v) is 7.82. The van der Waals surface area contributed by atoms with Crippen LogP contribution in [-0.4, -0.2) is 42.8 Å². The third-order valence-electron chi connectivity index (χ3n) is 5.44. The van der Waals surface area contributed by atoms with E-state index in [1.165, 1.54) is 4.70 Å². The number of aliphatic carboxylic acids is 1. The molecule has 0 spiro atoms. The smallest absolute Gasteiger partial charge is 0.320 e. The maximum Gasteiger partial charge on any atom is 0.320 e. The molecule has 0 saturated carbocycles. The predicted molar refractivity (Wildman–Crippen MR) is 111 cm³/mol. The van der Waals surface area contributed by atoms with Crippen LogP contribution in [0.4, 0.5) is 0 Å². The number of benzene rings is 2. The number of methoxy groups -OCH3 is 2. The maximum atomic E-state index is 12.0. The van der Waals surface area contributed by atoms with E-state index in [2.05, 4.69) is 22.4 Å². The fourth-order valence-electron chi connectivity index (χ4n) is 4.23. The summed E-state index contributed by atoms with van der Waals surface area (Å²) < 4.78 is 12.4. The van der Waals surface area contributed by atoms with Crippen LogP contribution in [0, 0.1) is 0 Å². The SMILES string of the molecule is COc1cccc(C(c2csc3ccccc23)N2CCCC2C(=O)O)c1OC. The number of hydrogen-bond acceptors (Lipinski definition) is 5. The van der Waals surface area contributed by atoms with E-state index >= 15 is 0 Å². The van der Waals surface area contributed by atoms with E-state index in [-0.39, 0.29) is 6.04 Å². The molecule has 0 bridgehead atoms. The van der Waals surface area contributed by atoms with Crippen molar-refractivity contribution in [1.82, 2.24) is 4.90 Å². The minimum Gasteiger partial charge on any atom is -0.493 e. The van der Waals surface area contributed by atoms with E-state index in [0.29, 0.717) is 17.9 Å². The summed E-state index contributed by atoms with van der Waals surface area (Å²) in [5.41, 5.74) is 2.04. The summed E-state index contributed by atoms with van der Waals surface area (Å²) in [5.74, 6) is 0.529. The van der Waals surface area contributed by atoms with Crippen LogP contribution < -0.4 is 9.47 Å². The van der Waals surface area contributed by atoms with Gasteiger partial charge in [-0.15, -0.1) is 11.3 Å². The lowest BCUT2D eigenvalue weighted by atomic mass is 9.94. The molecule has 2 aromatic carbocycles. The van der Waals surface area contributed by atoms with Gasteiger partial charge >= 0.3 is 5.97 Å². The summed E-state index contributed by atoms with van der Waals surface area (Å²) in [6, 6.07) is 13.3. The van der Waals surface area contributed by atoms with Gasteiger partial charge in [0.1, 0.15) is 6.04 Å². The Hall–Kier alpha value is -2.57. The molecule has 2 atom stereocenters. The molecule has 0 aliphatic carbocycles. The zero-order valence-corrected chi connectivity index (χ0v) is 16.7. The van der Waals surface area contributed by atoms with Gasteiger partial charge in [0.25, 0.3) is 0 Å². The number of carboxylic acids is 1. The van der Waals surface area contributed by atoms with Crippen LogP contribution in [0.1, 0.15) is 30.0 Å². The van der Waals surface area contributed by atoms with Crippen molar-refractivity contribution in [1.29, 1.82) is 0 Å². The van der Waals surface area contributed by atoms with Gasteiger partial charge in [0.05, 0.1) is 20.3 Å². The first-order valence-electron chi connectivity index (χ1n) is 9.31. The third-order valence-corrected chi connectivity index (χ3v) is 6.43. The van der Waals surface area contributed by atoms with Crippen LogP contribution in [0.25, 0.3) is 10.1 Å². The van der Waals surface area contributed by atoms with Crippen LogP contribution in [-0.2, 0) is 4.79 Å². The van der Waals surface area contributed by atoms with Crippen molar-refractivity contribution >= 4 is 27.4 Å². The summed E-state index contributed by atoms with van der Waals surface area (Å²) in [6.45, 7) is 0.728. The maximum absolute atomic E-state index is 12.0. The lowest BCUT2D eigenvalue weighted by Crippen LogP contribution is -2.39. The average Bonchev–Trinajstić information content (AvgIpc) is 3.36. The zero-order valence-electron chi connectivity index (χ0n) is 15.9. The van der Waals surface area contributed by atoms with Gasteiger partial charge in [-0.2, -0.15) is 0 Å². The molecular weight excluding hydrogens is 374 g/mol. The number of carboxylic acid groups (broad SMARTS) is 1. The van der Waals surface area contributed by atoms with Crippen molar-refractivity contribution < 1.29 is 19.4 Å². The number of fused-ring (bicyclic) bond motifs is 1. The van der Waals surface area contributed by atoms with Crippen molar-refractivity contribution in [2.75, 3.05) is 20.8 Å². The molecule has 6 heteroatoms. The fourth-order valence-corrected chi connectivity index (χ4v) is 5.21. The molecule has 0 amide bonds. The van der Waals surface area contributed by atoms with Gasteiger partial charge in [0.15, 0.2) is 11.5 Å². The minimum absolute atomic E-state index is 0.218. The first-order chi connectivity index (χ1) is 13.7. The van der Waals surface area contributed by atoms with E-state index < -0.39 is 12.0 Å². The molecule has 1 fully saturated rings. The van der Waals surface area contributed by atoms with Crippen molar-refractivity contribution in [3.63, 3.8) is 0 Å². The second-order valence-electron chi connectivity index (χ2n) is 6.91. The lowest BCUT2D eigenvalue weighted by Gasteiger charge is -2.32. The van der Waals surface area contributed by atoms with Crippen molar-refractivity contribution in [3.05, 3.63) is 59.0 Å². The Labute approximate surface area is 168 Å². The minimum atomic E-state index is -0.774. The molecule has 1 N–H and O–H groups in total. The van der Waals surface area contributed by atoms with Gasteiger partial charge in [-0.25, -0.2) is 0 Å². The Morgan fingerprint density at radius 2 is 1.96 bits per heavy atom. The third kappa shape index (κ3) is 3.12. The first-order valence-corrected chi connectivity index (χ1v) is 10.2. The number of para-hydroxylation sites is 1. The highest BCUT2D eigenvalue weighted by atomic mass is 32.1. The molecule has 28 heavy (non-hydrogen) atoms.